The third kappa shape index (κ3) is 4.92. The number of carbonyl (C=O) groups excluding carboxylic acids is 2. The van der Waals surface area contributed by atoms with Crippen molar-refractivity contribution in [1.82, 2.24) is 15.5 Å². The minimum Gasteiger partial charge on any atom is -0.452 e. The Morgan fingerprint density at radius 3 is 2.64 bits per heavy atom. The summed E-state index contributed by atoms with van der Waals surface area (Å²) in [4.78, 5) is 25.5. The van der Waals surface area contributed by atoms with Crippen molar-refractivity contribution in [2.45, 2.75) is 46.6 Å². The van der Waals surface area contributed by atoms with Crippen LogP contribution < -0.4 is 5.32 Å². The van der Waals surface area contributed by atoms with E-state index in [1.165, 1.54) is 6.20 Å². The zero-order valence-corrected chi connectivity index (χ0v) is 16.1. The molecule has 2 aromatic heterocycles. The van der Waals surface area contributed by atoms with E-state index in [-0.39, 0.29) is 29.9 Å². The molecule has 136 valence electrons. The number of hydrogen-bond acceptors (Lipinski definition) is 5. The number of nitrogens with zero attached hydrogens (tertiary/aromatic N) is 1. The van der Waals surface area contributed by atoms with E-state index in [0.29, 0.717) is 11.3 Å². The first-order valence-electron chi connectivity index (χ1n) is 8.23. The average Bonchev–Trinajstić information content (AvgIpc) is 3.19. The summed E-state index contributed by atoms with van der Waals surface area (Å²) in [6.45, 7) is 9.76. The minimum absolute atomic E-state index is 0.114. The summed E-state index contributed by atoms with van der Waals surface area (Å²) in [6.07, 6.45) is 1.43. The Labute approximate surface area is 152 Å². The van der Waals surface area contributed by atoms with Crippen LogP contribution in [-0.4, -0.2) is 28.7 Å². The lowest BCUT2D eigenvalue weighted by Gasteiger charge is -2.30. The average molecular weight is 363 g/mol. The van der Waals surface area contributed by atoms with Crippen LogP contribution in [0, 0.1) is 5.41 Å². The number of nitrogens with one attached hydrogen (secondary N) is 2. The van der Waals surface area contributed by atoms with Crippen molar-refractivity contribution in [3.05, 3.63) is 39.8 Å². The van der Waals surface area contributed by atoms with Crippen molar-refractivity contribution in [3.63, 3.8) is 0 Å². The Bertz CT molecular complexity index is 714. The number of rotatable bonds is 6. The number of thiophene rings is 1. The van der Waals surface area contributed by atoms with Crippen LogP contribution in [0.5, 0.6) is 0 Å². The zero-order valence-electron chi connectivity index (χ0n) is 15.3. The van der Waals surface area contributed by atoms with Gasteiger partial charge in [-0.15, -0.1) is 11.3 Å². The van der Waals surface area contributed by atoms with Gasteiger partial charge in [-0.2, -0.15) is 5.10 Å². The molecule has 2 heterocycles. The summed E-state index contributed by atoms with van der Waals surface area (Å²) in [5, 5.41) is 11.6. The molecule has 0 aliphatic carbocycles. The Morgan fingerprint density at radius 2 is 2.08 bits per heavy atom. The number of aromatic amines is 1. The molecule has 6 nitrogen and oxygen atoms in total. The van der Waals surface area contributed by atoms with Gasteiger partial charge < -0.3 is 10.1 Å². The fourth-order valence-electron chi connectivity index (χ4n) is 2.48. The molecule has 2 aromatic rings. The Hall–Kier alpha value is -2.15. The quantitative estimate of drug-likeness (QED) is 0.767. The molecule has 0 spiro atoms. The highest BCUT2D eigenvalue weighted by molar-refractivity contribution is 7.10. The van der Waals surface area contributed by atoms with Crippen molar-refractivity contribution in [2.75, 3.05) is 6.61 Å². The third-order valence-electron chi connectivity index (χ3n) is 3.80. The maximum atomic E-state index is 12.3. The summed E-state index contributed by atoms with van der Waals surface area (Å²) in [6, 6.07) is 3.81. The summed E-state index contributed by atoms with van der Waals surface area (Å²) in [5.41, 5.74) is 0.921. The number of hydrogen-bond donors (Lipinski definition) is 2. The van der Waals surface area contributed by atoms with Gasteiger partial charge in [0.1, 0.15) is 5.56 Å². The van der Waals surface area contributed by atoms with Crippen molar-refractivity contribution in [2.24, 2.45) is 5.41 Å². The first kappa shape index (κ1) is 19.2. The number of amides is 1. The first-order valence-corrected chi connectivity index (χ1v) is 9.11. The summed E-state index contributed by atoms with van der Waals surface area (Å²) in [7, 11) is 0. The molecule has 1 atom stereocenters. The van der Waals surface area contributed by atoms with Crippen LogP contribution in [-0.2, 0) is 9.53 Å². The van der Waals surface area contributed by atoms with E-state index < -0.39 is 5.97 Å². The number of carbonyl (C=O) groups is 2. The molecule has 0 saturated heterocycles. The molecule has 0 unspecified atom stereocenters. The maximum Gasteiger partial charge on any atom is 0.342 e. The molecular weight excluding hydrogens is 338 g/mol. The topological polar surface area (TPSA) is 84.1 Å². The molecule has 2 rings (SSSR count). The molecule has 0 fully saturated rings. The second kappa shape index (κ2) is 7.82. The molecule has 1 amide bonds. The zero-order chi connectivity index (χ0) is 18.6. The van der Waals surface area contributed by atoms with Gasteiger partial charge in [0.05, 0.1) is 17.9 Å². The van der Waals surface area contributed by atoms with Gasteiger partial charge in [-0.25, -0.2) is 4.79 Å². The fraction of sp³-hybridized carbons (Fsp3) is 0.500. The summed E-state index contributed by atoms with van der Waals surface area (Å²) < 4.78 is 5.16. The lowest BCUT2D eigenvalue weighted by molar-refractivity contribution is -0.125. The number of aromatic nitrogens is 2. The molecule has 0 aliphatic rings. The fourth-order valence-corrected chi connectivity index (χ4v) is 3.50. The van der Waals surface area contributed by atoms with Gasteiger partial charge in [-0.05, 0) is 22.8 Å². The van der Waals surface area contributed by atoms with Crippen LogP contribution in [0.15, 0.2) is 23.7 Å². The number of esters is 1. The standard InChI is InChI=1S/C18H25N3O3S/c1-11(2)15-12(9-19-21-15)17(23)24-10-14(22)20-16(18(3,4)5)13-7-6-8-25-13/h6-9,11,16H,10H2,1-5H3,(H,19,21)(H,20,22)/t16-/m1/s1. The van der Waals surface area contributed by atoms with Crippen LogP contribution in [0.4, 0.5) is 0 Å². The second-order valence-corrected chi connectivity index (χ2v) is 8.29. The summed E-state index contributed by atoms with van der Waals surface area (Å²) >= 11 is 1.59. The molecule has 0 saturated carbocycles. The molecular formula is C18H25N3O3S. The molecule has 2 N–H and O–H groups in total. The van der Waals surface area contributed by atoms with Gasteiger partial charge in [0.2, 0.25) is 0 Å². The molecule has 7 heteroatoms. The lowest BCUT2D eigenvalue weighted by Crippen LogP contribution is -2.38. The molecule has 25 heavy (non-hydrogen) atoms. The summed E-state index contributed by atoms with van der Waals surface area (Å²) in [5.74, 6) is -0.754. The monoisotopic (exact) mass is 363 g/mol. The van der Waals surface area contributed by atoms with Gasteiger partial charge in [0, 0.05) is 4.88 Å². The van der Waals surface area contributed by atoms with E-state index in [1.54, 1.807) is 11.3 Å². The van der Waals surface area contributed by atoms with Crippen molar-refractivity contribution in [1.29, 1.82) is 0 Å². The van der Waals surface area contributed by atoms with E-state index in [0.717, 1.165) is 4.88 Å². The predicted octanol–water partition coefficient (Wildman–Crippen LogP) is 3.66. The van der Waals surface area contributed by atoms with Gasteiger partial charge in [0.25, 0.3) is 5.91 Å². The lowest BCUT2D eigenvalue weighted by atomic mass is 9.86. The minimum atomic E-state index is -0.545. The smallest absolute Gasteiger partial charge is 0.342 e. The van der Waals surface area contributed by atoms with E-state index in [2.05, 4.69) is 36.3 Å². The third-order valence-corrected chi connectivity index (χ3v) is 4.74. The SMILES string of the molecule is CC(C)c1[nH]ncc1C(=O)OCC(=O)N[C@H](c1cccs1)C(C)(C)C. The normalized spacial score (nSPS) is 12.9. The Kier molecular flexibility index (Phi) is 6.00. The van der Waals surface area contributed by atoms with Crippen LogP contribution in [0.1, 0.15) is 67.5 Å². The van der Waals surface area contributed by atoms with Gasteiger partial charge in [-0.1, -0.05) is 40.7 Å². The van der Waals surface area contributed by atoms with Crippen molar-refractivity contribution >= 4 is 23.2 Å². The highest BCUT2D eigenvalue weighted by atomic mass is 32.1. The van der Waals surface area contributed by atoms with E-state index in [1.807, 2.05) is 31.4 Å². The second-order valence-electron chi connectivity index (χ2n) is 7.31. The van der Waals surface area contributed by atoms with E-state index in [4.69, 9.17) is 4.74 Å². The number of H-pyrrole nitrogens is 1. The highest BCUT2D eigenvalue weighted by Crippen LogP contribution is 2.35. The van der Waals surface area contributed by atoms with Gasteiger partial charge in [0.15, 0.2) is 6.61 Å². The maximum absolute atomic E-state index is 12.3. The van der Waals surface area contributed by atoms with Gasteiger partial charge in [-0.3, -0.25) is 9.89 Å². The van der Waals surface area contributed by atoms with Crippen LogP contribution >= 0.6 is 11.3 Å². The molecule has 0 bridgehead atoms. The van der Waals surface area contributed by atoms with Crippen LogP contribution in [0.3, 0.4) is 0 Å². The number of ether oxygens (including phenoxy) is 1. The highest BCUT2D eigenvalue weighted by Gasteiger charge is 2.29. The van der Waals surface area contributed by atoms with Crippen molar-refractivity contribution in [3.8, 4) is 0 Å². The van der Waals surface area contributed by atoms with Crippen LogP contribution in [0.25, 0.3) is 0 Å². The van der Waals surface area contributed by atoms with E-state index in [9.17, 15) is 9.59 Å². The Balaban J connectivity index is 1.97. The van der Waals surface area contributed by atoms with E-state index >= 15 is 0 Å². The molecule has 0 radical (unpaired) electrons. The Morgan fingerprint density at radius 1 is 1.36 bits per heavy atom. The molecule has 0 aromatic carbocycles. The molecule has 0 aliphatic heterocycles. The largest absolute Gasteiger partial charge is 0.452 e. The van der Waals surface area contributed by atoms with Crippen LogP contribution in [0.2, 0.25) is 0 Å². The first-order chi connectivity index (χ1) is 11.7. The predicted molar refractivity (Wildman–Crippen MR) is 97.6 cm³/mol. The van der Waals surface area contributed by atoms with Crippen molar-refractivity contribution < 1.29 is 14.3 Å². The van der Waals surface area contributed by atoms with Gasteiger partial charge >= 0.3 is 5.97 Å².